The summed E-state index contributed by atoms with van der Waals surface area (Å²) in [6.45, 7) is 3.51. The maximum Gasteiger partial charge on any atom is 0.416 e. The molecule has 1 aromatic carbocycles. The lowest BCUT2D eigenvalue weighted by molar-refractivity contribution is -0.138. The molecule has 114 valence electrons. The molecule has 2 aromatic rings. The lowest BCUT2D eigenvalue weighted by Crippen LogP contribution is -2.08. The molecule has 6 heteroatoms. The van der Waals surface area contributed by atoms with Gasteiger partial charge in [0.1, 0.15) is 0 Å². The maximum absolute atomic E-state index is 12.9. The summed E-state index contributed by atoms with van der Waals surface area (Å²) in [4.78, 5) is 5.21. The third-order valence-corrected chi connectivity index (χ3v) is 4.18. The number of nitrogens with two attached hydrogens (primary N) is 1. The fraction of sp³-hybridized carbons (Fsp3) is 0.400. The zero-order chi connectivity index (χ0) is 15.6. The fourth-order valence-corrected chi connectivity index (χ4v) is 3.16. The van der Waals surface area contributed by atoms with Gasteiger partial charge in [0.2, 0.25) is 0 Å². The van der Waals surface area contributed by atoms with E-state index in [2.05, 4.69) is 4.98 Å². The van der Waals surface area contributed by atoms with Crippen LogP contribution in [0.4, 0.5) is 18.3 Å². The van der Waals surface area contributed by atoms with Crippen molar-refractivity contribution < 1.29 is 13.2 Å². The summed E-state index contributed by atoms with van der Waals surface area (Å²) in [6.07, 6.45) is -2.16. The van der Waals surface area contributed by atoms with Crippen LogP contribution in [0.2, 0.25) is 0 Å². The number of aryl methyl sites for hydroxylation is 2. The largest absolute Gasteiger partial charge is 0.416 e. The van der Waals surface area contributed by atoms with Crippen molar-refractivity contribution in [2.24, 2.45) is 0 Å². The average molecular weight is 314 g/mol. The lowest BCUT2D eigenvalue weighted by atomic mass is 10.0. The van der Waals surface area contributed by atoms with Crippen LogP contribution in [-0.2, 0) is 19.0 Å². The molecule has 0 radical (unpaired) electrons. The van der Waals surface area contributed by atoms with Crippen LogP contribution in [-0.4, -0.2) is 4.98 Å². The fourth-order valence-electron chi connectivity index (χ4n) is 2.24. The highest BCUT2D eigenvalue weighted by molar-refractivity contribution is 7.15. The molecule has 0 aliphatic rings. The van der Waals surface area contributed by atoms with Crippen LogP contribution < -0.4 is 5.73 Å². The quantitative estimate of drug-likeness (QED) is 0.896. The molecule has 1 heterocycles. The van der Waals surface area contributed by atoms with Gasteiger partial charge in [-0.25, -0.2) is 4.98 Å². The Bertz CT molecular complexity index is 632. The smallest absolute Gasteiger partial charge is 0.375 e. The van der Waals surface area contributed by atoms with Gasteiger partial charge in [-0.1, -0.05) is 25.5 Å². The number of thiazole rings is 1. The number of rotatable bonds is 4. The first kappa shape index (κ1) is 15.8. The zero-order valence-electron chi connectivity index (χ0n) is 11.9. The van der Waals surface area contributed by atoms with Crippen LogP contribution in [0.15, 0.2) is 18.2 Å². The standard InChI is InChI=1S/C15H17F3N2S/c1-3-4-12-13(21-14(19)20-12)8-10-6-5-9(2)11(7-10)15(16,17)18/h5-7H,3-4,8H2,1-2H3,(H2,19,20). The Labute approximate surface area is 125 Å². The number of alkyl halides is 3. The second-order valence-electron chi connectivity index (χ2n) is 5.00. The second-order valence-corrected chi connectivity index (χ2v) is 6.11. The minimum atomic E-state index is -4.32. The number of hydrogen-bond acceptors (Lipinski definition) is 3. The highest BCUT2D eigenvalue weighted by Gasteiger charge is 2.32. The Hall–Kier alpha value is -1.56. The summed E-state index contributed by atoms with van der Waals surface area (Å²) < 4.78 is 38.8. The summed E-state index contributed by atoms with van der Waals surface area (Å²) in [7, 11) is 0. The van der Waals surface area contributed by atoms with Gasteiger partial charge in [-0.3, -0.25) is 0 Å². The molecule has 0 fully saturated rings. The highest BCUT2D eigenvalue weighted by Crippen LogP contribution is 2.33. The van der Waals surface area contributed by atoms with Crippen LogP contribution in [0.5, 0.6) is 0 Å². The van der Waals surface area contributed by atoms with Crippen LogP contribution in [0.3, 0.4) is 0 Å². The summed E-state index contributed by atoms with van der Waals surface area (Å²) in [6, 6.07) is 4.47. The van der Waals surface area contributed by atoms with E-state index in [0.717, 1.165) is 23.4 Å². The molecule has 0 bridgehead atoms. The molecule has 0 amide bonds. The Kier molecular flexibility index (Phi) is 4.56. The monoisotopic (exact) mass is 314 g/mol. The van der Waals surface area contributed by atoms with E-state index in [1.54, 1.807) is 6.07 Å². The Balaban J connectivity index is 2.32. The van der Waals surface area contributed by atoms with E-state index >= 15 is 0 Å². The van der Waals surface area contributed by atoms with Crippen molar-refractivity contribution >= 4 is 16.5 Å². The minimum Gasteiger partial charge on any atom is -0.375 e. The third kappa shape index (κ3) is 3.75. The number of anilines is 1. The minimum absolute atomic E-state index is 0.240. The van der Waals surface area contributed by atoms with Gasteiger partial charge in [-0.05, 0) is 30.5 Å². The molecule has 0 saturated heterocycles. The van der Waals surface area contributed by atoms with Gasteiger partial charge in [0.05, 0.1) is 11.3 Å². The molecule has 0 saturated carbocycles. The van der Waals surface area contributed by atoms with Gasteiger partial charge in [-0.15, -0.1) is 11.3 Å². The summed E-state index contributed by atoms with van der Waals surface area (Å²) in [5.41, 5.74) is 6.91. The van der Waals surface area contributed by atoms with Crippen molar-refractivity contribution in [2.45, 2.75) is 39.3 Å². The molecule has 0 aliphatic carbocycles. The van der Waals surface area contributed by atoms with Gasteiger partial charge < -0.3 is 5.73 Å². The summed E-state index contributed by atoms with van der Waals surface area (Å²) in [5, 5.41) is 0.469. The average Bonchev–Trinajstić information content (AvgIpc) is 2.71. The van der Waals surface area contributed by atoms with Crippen LogP contribution in [0.1, 0.15) is 40.6 Å². The maximum atomic E-state index is 12.9. The van der Waals surface area contributed by atoms with Gasteiger partial charge >= 0.3 is 6.18 Å². The van der Waals surface area contributed by atoms with Crippen LogP contribution >= 0.6 is 11.3 Å². The van der Waals surface area contributed by atoms with Crippen molar-refractivity contribution in [3.8, 4) is 0 Å². The molecule has 2 N–H and O–H groups in total. The topological polar surface area (TPSA) is 38.9 Å². The van der Waals surface area contributed by atoms with E-state index in [0.29, 0.717) is 17.1 Å². The van der Waals surface area contributed by atoms with Gasteiger partial charge in [0, 0.05) is 11.3 Å². The normalized spacial score (nSPS) is 11.9. The molecular formula is C15H17F3N2S. The molecule has 0 atom stereocenters. The van der Waals surface area contributed by atoms with E-state index in [4.69, 9.17) is 5.73 Å². The van der Waals surface area contributed by atoms with Crippen molar-refractivity contribution in [3.63, 3.8) is 0 Å². The Morgan fingerprint density at radius 3 is 2.62 bits per heavy atom. The van der Waals surface area contributed by atoms with E-state index in [9.17, 15) is 13.2 Å². The van der Waals surface area contributed by atoms with E-state index in [1.165, 1.54) is 30.4 Å². The predicted molar refractivity (Wildman–Crippen MR) is 79.5 cm³/mol. The molecule has 1 aromatic heterocycles. The van der Waals surface area contributed by atoms with Crippen molar-refractivity contribution in [1.29, 1.82) is 0 Å². The first-order valence-electron chi connectivity index (χ1n) is 6.72. The molecular weight excluding hydrogens is 297 g/mol. The van der Waals surface area contributed by atoms with Crippen molar-refractivity contribution in [1.82, 2.24) is 4.98 Å². The highest BCUT2D eigenvalue weighted by atomic mass is 32.1. The molecule has 0 aliphatic heterocycles. The zero-order valence-corrected chi connectivity index (χ0v) is 12.7. The number of benzene rings is 1. The molecule has 21 heavy (non-hydrogen) atoms. The van der Waals surface area contributed by atoms with Crippen molar-refractivity contribution in [2.75, 3.05) is 5.73 Å². The summed E-state index contributed by atoms with van der Waals surface area (Å²) in [5.74, 6) is 0. The number of aromatic nitrogens is 1. The van der Waals surface area contributed by atoms with Gasteiger partial charge in [0.25, 0.3) is 0 Å². The first-order chi connectivity index (χ1) is 9.81. The molecule has 2 nitrogen and oxygen atoms in total. The van der Waals surface area contributed by atoms with E-state index in [-0.39, 0.29) is 5.56 Å². The third-order valence-electron chi connectivity index (χ3n) is 3.25. The first-order valence-corrected chi connectivity index (χ1v) is 7.53. The van der Waals surface area contributed by atoms with Crippen LogP contribution in [0, 0.1) is 6.92 Å². The second kappa shape index (κ2) is 6.05. The van der Waals surface area contributed by atoms with Crippen molar-refractivity contribution in [3.05, 3.63) is 45.5 Å². The Morgan fingerprint density at radius 1 is 1.29 bits per heavy atom. The molecule has 0 spiro atoms. The van der Waals surface area contributed by atoms with Crippen LogP contribution in [0.25, 0.3) is 0 Å². The van der Waals surface area contributed by atoms with Gasteiger partial charge in [-0.2, -0.15) is 13.2 Å². The number of nitrogen functional groups attached to an aromatic ring is 1. The number of nitrogens with zero attached hydrogens (tertiary/aromatic N) is 1. The van der Waals surface area contributed by atoms with E-state index in [1.807, 2.05) is 6.92 Å². The van der Waals surface area contributed by atoms with E-state index < -0.39 is 11.7 Å². The molecule has 2 rings (SSSR count). The SMILES string of the molecule is CCCc1nc(N)sc1Cc1ccc(C)c(C(F)(F)F)c1. The van der Waals surface area contributed by atoms with Gasteiger partial charge in [0.15, 0.2) is 5.13 Å². The summed E-state index contributed by atoms with van der Waals surface area (Å²) >= 11 is 1.35. The number of halogens is 3. The predicted octanol–water partition coefficient (Wildman–Crippen LogP) is 4.60. The lowest BCUT2D eigenvalue weighted by Gasteiger charge is -2.12. The number of hydrogen-bond donors (Lipinski definition) is 1. The Morgan fingerprint density at radius 2 is 2.00 bits per heavy atom. The molecule has 0 unspecified atom stereocenters.